The fourth-order valence-corrected chi connectivity index (χ4v) is 10.6. The van der Waals surface area contributed by atoms with E-state index in [4.69, 9.17) is 18.6 Å². The zero-order valence-corrected chi connectivity index (χ0v) is 26.5. The van der Waals surface area contributed by atoms with Crippen LogP contribution in [0, 0.1) is 11.8 Å². The Balaban J connectivity index is 1.44. The number of carbonyl (C=O) groups excluding carboxylic acids is 1. The number of esters is 1. The van der Waals surface area contributed by atoms with Crippen molar-refractivity contribution in [3.63, 3.8) is 0 Å². The molecular weight excluding hydrogens is 528 g/mol. The van der Waals surface area contributed by atoms with Crippen molar-refractivity contribution in [2.24, 2.45) is 11.8 Å². The summed E-state index contributed by atoms with van der Waals surface area (Å²) in [5.41, 5.74) is 1.06. The predicted octanol–water partition coefficient (Wildman–Crippen LogP) is 6.52. The molecule has 0 aromatic heterocycles. The molecule has 1 heterocycles. The number of cyclic esters (lactones) is 1. The normalized spacial score (nSPS) is 20.9. The van der Waals surface area contributed by atoms with Crippen LogP contribution in [0.2, 0.25) is 5.04 Å². The Morgan fingerprint density at radius 3 is 2.02 bits per heavy atom. The predicted molar refractivity (Wildman–Crippen MR) is 167 cm³/mol. The van der Waals surface area contributed by atoms with Crippen molar-refractivity contribution in [3.05, 3.63) is 90.5 Å². The van der Waals surface area contributed by atoms with Crippen molar-refractivity contribution in [2.45, 2.75) is 77.7 Å². The minimum absolute atomic E-state index is 0.0598. The topological polar surface area (TPSA) is 54.0 Å². The molecule has 1 aliphatic heterocycles. The van der Waals surface area contributed by atoms with Crippen molar-refractivity contribution in [1.29, 1.82) is 0 Å². The molecule has 220 valence electrons. The molecule has 1 aliphatic rings. The minimum Gasteiger partial charge on any atom is -0.497 e. The Hall–Kier alpha value is -2.93. The van der Waals surface area contributed by atoms with Gasteiger partial charge in [0.15, 0.2) is 0 Å². The monoisotopic (exact) mass is 574 g/mol. The lowest BCUT2D eigenvalue weighted by Gasteiger charge is -2.44. The second kappa shape index (κ2) is 13.8. The molecule has 4 rings (SSSR count). The Bertz CT molecular complexity index is 1180. The summed E-state index contributed by atoms with van der Waals surface area (Å²) in [6.07, 6.45) is 1.62. The summed E-state index contributed by atoms with van der Waals surface area (Å²) >= 11 is 0. The van der Waals surface area contributed by atoms with Gasteiger partial charge < -0.3 is 18.6 Å². The standard InChI is InChI=1S/C35H46O5Si/c1-26-17-22-32(40-34(36)23-33(26)38-25-28-18-20-29(37-6)21-19-28)27(2)24-39-41(35(3,4)5,30-13-9-7-10-14-30)31-15-11-8-12-16-31/h7-16,18-21,26-27,32-33H,17,22-25H2,1-6H3/t26-,27+,32-,33+/m0/s1. The van der Waals surface area contributed by atoms with Crippen LogP contribution in [0.4, 0.5) is 0 Å². The van der Waals surface area contributed by atoms with Gasteiger partial charge in [0.25, 0.3) is 8.32 Å². The van der Waals surface area contributed by atoms with E-state index in [0.717, 1.165) is 24.2 Å². The first kappa shape index (κ1) is 31.0. The van der Waals surface area contributed by atoms with Crippen molar-refractivity contribution in [3.8, 4) is 5.75 Å². The van der Waals surface area contributed by atoms with Gasteiger partial charge in [0.05, 0.1) is 26.2 Å². The van der Waals surface area contributed by atoms with Crippen LogP contribution in [0.15, 0.2) is 84.9 Å². The van der Waals surface area contributed by atoms with Crippen LogP contribution < -0.4 is 15.1 Å². The average molecular weight is 575 g/mol. The lowest BCUT2D eigenvalue weighted by atomic mass is 9.90. The number of hydrogen-bond acceptors (Lipinski definition) is 5. The van der Waals surface area contributed by atoms with Gasteiger partial charge in [0.1, 0.15) is 11.9 Å². The second-order valence-electron chi connectivity index (χ2n) is 12.4. The van der Waals surface area contributed by atoms with Crippen LogP contribution in [0.1, 0.15) is 59.4 Å². The van der Waals surface area contributed by atoms with Gasteiger partial charge in [-0.3, -0.25) is 4.79 Å². The van der Waals surface area contributed by atoms with E-state index in [1.165, 1.54) is 10.4 Å². The van der Waals surface area contributed by atoms with Gasteiger partial charge >= 0.3 is 5.97 Å². The Morgan fingerprint density at radius 1 is 0.902 bits per heavy atom. The van der Waals surface area contributed by atoms with Crippen LogP contribution in [-0.2, 0) is 25.3 Å². The van der Waals surface area contributed by atoms with Gasteiger partial charge in [-0.2, -0.15) is 0 Å². The van der Waals surface area contributed by atoms with E-state index in [2.05, 4.69) is 95.3 Å². The SMILES string of the molecule is COc1ccc(CO[C@@H]2CC(=O)O[C@H]([C@H](C)CO[Si](c3ccccc3)(c3ccccc3)C(C)(C)C)CC[C@@H]2C)cc1. The molecule has 1 saturated heterocycles. The van der Waals surface area contributed by atoms with Crippen LogP contribution in [0.5, 0.6) is 5.75 Å². The first-order chi connectivity index (χ1) is 19.6. The summed E-state index contributed by atoms with van der Waals surface area (Å²) in [7, 11) is -1.00. The molecule has 0 bridgehead atoms. The van der Waals surface area contributed by atoms with Gasteiger partial charge in [-0.1, -0.05) is 107 Å². The third-order valence-corrected chi connectivity index (χ3v) is 13.4. The van der Waals surface area contributed by atoms with Gasteiger partial charge in [-0.15, -0.1) is 0 Å². The molecular formula is C35H46O5Si. The largest absolute Gasteiger partial charge is 0.497 e. The van der Waals surface area contributed by atoms with Crippen molar-refractivity contribution < 1.29 is 23.4 Å². The first-order valence-corrected chi connectivity index (χ1v) is 16.7. The van der Waals surface area contributed by atoms with Crippen molar-refractivity contribution in [1.82, 2.24) is 0 Å². The lowest BCUT2D eigenvalue weighted by Crippen LogP contribution is -2.67. The molecule has 0 amide bonds. The molecule has 0 saturated carbocycles. The molecule has 3 aromatic carbocycles. The van der Waals surface area contributed by atoms with E-state index in [9.17, 15) is 4.79 Å². The zero-order chi connectivity index (χ0) is 29.5. The summed E-state index contributed by atoms with van der Waals surface area (Å²) in [4.78, 5) is 13.1. The molecule has 5 nitrogen and oxygen atoms in total. The first-order valence-electron chi connectivity index (χ1n) is 14.8. The zero-order valence-electron chi connectivity index (χ0n) is 25.5. The average Bonchev–Trinajstić information content (AvgIpc) is 2.97. The summed E-state index contributed by atoms with van der Waals surface area (Å²) in [5, 5.41) is 2.41. The number of methoxy groups -OCH3 is 1. The van der Waals surface area contributed by atoms with Crippen LogP contribution in [0.3, 0.4) is 0 Å². The van der Waals surface area contributed by atoms with Gasteiger partial charge in [-0.25, -0.2) is 0 Å². The van der Waals surface area contributed by atoms with E-state index in [-0.39, 0.29) is 41.5 Å². The molecule has 0 aliphatic carbocycles. The summed E-state index contributed by atoms with van der Waals surface area (Å²) in [6.45, 7) is 12.2. The lowest BCUT2D eigenvalue weighted by molar-refractivity contribution is -0.160. The molecule has 6 heteroatoms. The fraction of sp³-hybridized carbons (Fsp3) is 0.457. The van der Waals surface area contributed by atoms with Crippen molar-refractivity contribution >= 4 is 24.7 Å². The molecule has 1 fully saturated rings. The maximum Gasteiger partial charge on any atom is 0.308 e. The molecule has 41 heavy (non-hydrogen) atoms. The van der Waals surface area contributed by atoms with Crippen LogP contribution in [0.25, 0.3) is 0 Å². The van der Waals surface area contributed by atoms with Gasteiger partial charge in [0.2, 0.25) is 0 Å². The molecule has 3 aromatic rings. The van der Waals surface area contributed by atoms with E-state index in [1.54, 1.807) is 7.11 Å². The fourth-order valence-electron chi connectivity index (χ4n) is 5.93. The van der Waals surface area contributed by atoms with E-state index >= 15 is 0 Å². The third kappa shape index (κ3) is 7.48. The van der Waals surface area contributed by atoms with Crippen LogP contribution in [-0.4, -0.2) is 40.2 Å². The Morgan fingerprint density at radius 2 is 1.49 bits per heavy atom. The van der Waals surface area contributed by atoms with Gasteiger partial charge in [-0.05, 0) is 51.9 Å². The smallest absolute Gasteiger partial charge is 0.308 e. The third-order valence-electron chi connectivity index (χ3n) is 8.43. The van der Waals surface area contributed by atoms with Gasteiger partial charge in [0, 0.05) is 12.5 Å². The highest BCUT2D eigenvalue weighted by molar-refractivity contribution is 6.99. The molecule has 4 atom stereocenters. The summed E-state index contributed by atoms with van der Waals surface area (Å²) in [5.74, 6) is 0.923. The van der Waals surface area contributed by atoms with E-state index in [0.29, 0.717) is 13.2 Å². The quantitative estimate of drug-likeness (QED) is 0.204. The molecule has 0 unspecified atom stereocenters. The number of benzene rings is 3. The number of rotatable bonds is 10. The summed E-state index contributed by atoms with van der Waals surface area (Å²) in [6, 6.07) is 29.2. The minimum atomic E-state index is -2.66. The van der Waals surface area contributed by atoms with E-state index in [1.807, 2.05) is 24.3 Å². The maximum atomic E-state index is 13.1. The highest BCUT2D eigenvalue weighted by Crippen LogP contribution is 2.37. The maximum absolute atomic E-state index is 13.1. The molecule has 0 radical (unpaired) electrons. The highest BCUT2D eigenvalue weighted by Gasteiger charge is 2.50. The number of hydrogen-bond donors (Lipinski definition) is 0. The molecule has 0 spiro atoms. The van der Waals surface area contributed by atoms with Crippen LogP contribution >= 0.6 is 0 Å². The number of carbonyl (C=O) groups is 1. The highest BCUT2D eigenvalue weighted by atomic mass is 28.4. The van der Waals surface area contributed by atoms with E-state index < -0.39 is 8.32 Å². The second-order valence-corrected chi connectivity index (χ2v) is 16.7. The Labute approximate surface area is 247 Å². The van der Waals surface area contributed by atoms with Crippen molar-refractivity contribution in [2.75, 3.05) is 13.7 Å². The Kier molecular flexibility index (Phi) is 10.5. The molecule has 0 N–H and O–H groups in total. The summed E-state index contributed by atoms with van der Waals surface area (Å²) < 4.78 is 24.7. The number of ether oxygens (including phenoxy) is 3.